The number of imidazole rings is 1. The van der Waals surface area contributed by atoms with Gasteiger partial charge in [0.2, 0.25) is 0 Å². The second kappa shape index (κ2) is 5.30. The number of hydrogen-bond acceptors (Lipinski definition) is 2. The molecule has 4 rings (SSSR count). The minimum absolute atomic E-state index is 0.0418. The van der Waals surface area contributed by atoms with Crippen LogP contribution in [0.4, 0.5) is 0 Å². The quantitative estimate of drug-likeness (QED) is 0.785. The van der Waals surface area contributed by atoms with Gasteiger partial charge in [-0.05, 0) is 37.1 Å². The van der Waals surface area contributed by atoms with Crippen LogP contribution in [-0.2, 0) is 0 Å². The van der Waals surface area contributed by atoms with Crippen molar-refractivity contribution in [2.75, 3.05) is 6.54 Å². The molecule has 4 nitrogen and oxygen atoms in total. The molecule has 0 radical (unpaired) electrons. The number of carbonyl (C=O) groups excluding carboxylic acids is 1. The van der Waals surface area contributed by atoms with E-state index in [9.17, 15) is 4.79 Å². The van der Waals surface area contributed by atoms with Gasteiger partial charge in [-0.2, -0.15) is 0 Å². The van der Waals surface area contributed by atoms with Crippen molar-refractivity contribution >= 4 is 16.9 Å². The standard InChI is InChI=1S/C18H17N3O/c22-18(13-7-2-1-3-8-13)21-12-6-11-16(21)17-19-14-9-4-5-10-15(14)20-17/h1-5,7-10,16H,6,11-12H2,(H,19,20). The number of aromatic amines is 1. The van der Waals surface area contributed by atoms with Gasteiger partial charge in [0.05, 0.1) is 17.1 Å². The molecular formula is C18H17N3O. The molecule has 22 heavy (non-hydrogen) atoms. The summed E-state index contributed by atoms with van der Waals surface area (Å²) < 4.78 is 0. The van der Waals surface area contributed by atoms with Crippen molar-refractivity contribution in [2.24, 2.45) is 0 Å². The van der Waals surface area contributed by atoms with E-state index in [4.69, 9.17) is 0 Å². The van der Waals surface area contributed by atoms with Crippen LogP contribution in [0, 0.1) is 0 Å². The van der Waals surface area contributed by atoms with Crippen LogP contribution in [0.3, 0.4) is 0 Å². The smallest absolute Gasteiger partial charge is 0.254 e. The minimum Gasteiger partial charge on any atom is -0.340 e. The van der Waals surface area contributed by atoms with Gasteiger partial charge in [0.25, 0.3) is 5.91 Å². The summed E-state index contributed by atoms with van der Waals surface area (Å²) in [6.07, 6.45) is 1.97. The molecule has 1 amide bonds. The summed E-state index contributed by atoms with van der Waals surface area (Å²) >= 11 is 0. The van der Waals surface area contributed by atoms with Crippen LogP contribution in [-0.4, -0.2) is 27.3 Å². The molecule has 2 aromatic carbocycles. The molecule has 1 aliphatic heterocycles. The van der Waals surface area contributed by atoms with Crippen molar-refractivity contribution in [3.05, 3.63) is 66.0 Å². The average Bonchev–Trinajstić information content (AvgIpc) is 3.21. The molecule has 0 bridgehead atoms. The third kappa shape index (κ3) is 2.17. The molecule has 110 valence electrons. The number of carbonyl (C=O) groups is 1. The van der Waals surface area contributed by atoms with Gasteiger partial charge in [0, 0.05) is 12.1 Å². The Labute approximate surface area is 128 Å². The summed E-state index contributed by atoms with van der Waals surface area (Å²) in [5.41, 5.74) is 2.72. The van der Waals surface area contributed by atoms with Crippen LogP contribution >= 0.6 is 0 Å². The first-order valence-electron chi connectivity index (χ1n) is 7.63. The number of nitrogens with zero attached hydrogens (tertiary/aromatic N) is 2. The summed E-state index contributed by atoms with van der Waals surface area (Å²) in [5.74, 6) is 0.978. The molecule has 1 N–H and O–H groups in total. The van der Waals surface area contributed by atoms with Gasteiger partial charge in [-0.1, -0.05) is 30.3 Å². The van der Waals surface area contributed by atoms with E-state index in [-0.39, 0.29) is 11.9 Å². The van der Waals surface area contributed by atoms with Crippen LogP contribution in [0.2, 0.25) is 0 Å². The molecule has 0 aliphatic carbocycles. The molecule has 0 saturated carbocycles. The summed E-state index contributed by atoms with van der Waals surface area (Å²) in [4.78, 5) is 22.7. The lowest BCUT2D eigenvalue weighted by atomic mass is 10.1. The van der Waals surface area contributed by atoms with Gasteiger partial charge in [0.1, 0.15) is 5.82 Å². The Hall–Kier alpha value is -2.62. The Bertz CT molecular complexity index is 776. The van der Waals surface area contributed by atoms with Crippen molar-refractivity contribution in [1.29, 1.82) is 0 Å². The highest BCUT2D eigenvalue weighted by molar-refractivity contribution is 5.94. The fraction of sp³-hybridized carbons (Fsp3) is 0.222. The third-order valence-corrected chi connectivity index (χ3v) is 4.26. The van der Waals surface area contributed by atoms with Crippen LogP contribution in [0.15, 0.2) is 54.6 Å². The SMILES string of the molecule is O=C(c1ccccc1)N1CCCC1c1nc2ccccc2[nH]1. The Morgan fingerprint density at radius 1 is 1.09 bits per heavy atom. The van der Waals surface area contributed by atoms with Gasteiger partial charge in [-0.3, -0.25) is 4.79 Å². The normalized spacial score (nSPS) is 18.0. The maximum absolute atomic E-state index is 12.7. The number of hydrogen-bond donors (Lipinski definition) is 1. The third-order valence-electron chi connectivity index (χ3n) is 4.26. The molecule has 1 unspecified atom stereocenters. The summed E-state index contributed by atoms with van der Waals surface area (Å²) in [6, 6.07) is 17.5. The van der Waals surface area contributed by atoms with Crippen LogP contribution in [0.5, 0.6) is 0 Å². The van der Waals surface area contributed by atoms with Gasteiger partial charge in [-0.25, -0.2) is 4.98 Å². The van der Waals surface area contributed by atoms with E-state index >= 15 is 0 Å². The molecule has 1 fully saturated rings. The highest BCUT2D eigenvalue weighted by Gasteiger charge is 2.32. The Balaban J connectivity index is 1.67. The van der Waals surface area contributed by atoms with Crippen LogP contribution < -0.4 is 0 Å². The monoisotopic (exact) mass is 291 g/mol. The first kappa shape index (κ1) is 13.1. The number of likely N-dealkylation sites (tertiary alicyclic amines) is 1. The predicted octanol–water partition coefficient (Wildman–Crippen LogP) is 3.54. The number of rotatable bonds is 2. The molecule has 1 atom stereocenters. The van der Waals surface area contributed by atoms with E-state index in [0.29, 0.717) is 0 Å². The average molecular weight is 291 g/mol. The number of para-hydroxylation sites is 2. The Morgan fingerprint density at radius 2 is 1.86 bits per heavy atom. The van der Waals surface area contributed by atoms with Crippen molar-refractivity contribution in [3.8, 4) is 0 Å². The summed E-state index contributed by atoms with van der Waals surface area (Å²) in [7, 11) is 0. The van der Waals surface area contributed by atoms with E-state index in [2.05, 4.69) is 9.97 Å². The Kier molecular flexibility index (Phi) is 3.15. The van der Waals surface area contributed by atoms with Crippen LogP contribution in [0.25, 0.3) is 11.0 Å². The summed E-state index contributed by atoms with van der Waals surface area (Å²) in [5, 5.41) is 0. The largest absolute Gasteiger partial charge is 0.340 e. The minimum atomic E-state index is 0.0418. The predicted molar refractivity (Wildman–Crippen MR) is 85.5 cm³/mol. The molecule has 4 heteroatoms. The molecule has 0 spiro atoms. The molecule has 3 aromatic rings. The van der Waals surface area contributed by atoms with E-state index < -0.39 is 0 Å². The topological polar surface area (TPSA) is 49.0 Å². The highest BCUT2D eigenvalue weighted by atomic mass is 16.2. The molecule has 2 heterocycles. The number of benzene rings is 2. The lowest BCUT2D eigenvalue weighted by Gasteiger charge is -2.23. The lowest BCUT2D eigenvalue weighted by Crippen LogP contribution is -2.31. The maximum atomic E-state index is 12.7. The van der Waals surface area contributed by atoms with Gasteiger partial charge < -0.3 is 9.88 Å². The highest BCUT2D eigenvalue weighted by Crippen LogP contribution is 2.32. The van der Waals surface area contributed by atoms with E-state index in [1.54, 1.807) is 0 Å². The number of amides is 1. The number of aromatic nitrogens is 2. The fourth-order valence-electron chi connectivity index (χ4n) is 3.17. The second-order valence-corrected chi connectivity index (χ2v) is 5.66. The number of nitrogens with one attached hydrogen (secondary N) is 1. The molecule has 1 aliphatic rings. The zero-order valence-corrected chi connectivity index (χ0v) is 12.2. The fourth-order valence-corrected chi connectivity index (χ4v) is 3.17. The molecule has 1 saturated heterocycles. The zero-order chi connectivity index (χ0) is 14.9. The van der Waals surface area contributed by atoms with E-state index in [1.807, 2.05) is 59.5 Å². The van der Waals surface area contributed by atoms with Crippen molar-refractivity contribution < 1.29 is 4.79 Å². The van der Waals surface area contributed by atoms with Crippen LogP contribution in [0.1, 0.15) is 35.1 Å². The van der Waals surface area contributed by atoms with E-state index in [1.165, 1.54) is 0 Å². The van der Waals surface area contributed by atoms with Crippen molar-refractivity contribution in [2.45, 2.75) is 18.9 Å². The lowest BCUT2D eigenvalue weighted by molar-refractivity contribution is 0.0730. The van der Waals surface area contributed by atoms with Gasteiger partial charge >= 0.3 is 0 Å². The van der Waals surface area contributed by atoms with Gasteiger partial charge in [0.15, 0.2) is 0 Å². The van der Waals surface area contributed by atoms with E-state index in [0.717, 1.165) is 41.8 Å². The summed E-state index contributed by atoms with van der Waals surface area (Å²) in [6.45, 7) is 0.787. The number of H-pyrrole nitrogens is 1. The second-order valence-electron chi connectivity index (χ2n) is 5.66. The van der Waals surface area contributed by atoms with Crippen molar-refractivity contribution in [1.82, 2.24) is 14.9 Å². The number of fused-ring (bicyclic) bond motifs is 1. The first-order valence-corrected chi connectivity index (χ1v) is 7.63. The van der Waals surface area contributed by atoms with Gasteiger partial charge in [-0.15, -0.1) is 0 Å². The molecule has 1 aromatic heterocycles. The zero-order valence-electron chi connectivity index (χ0n) is 12.2. The maximum Gasteiger partial charge on any atom is 0.254 e. The molecular weight excluding hydrogens is 274 g/mol. The first-order chi connectivity index (χ1) is 10.8. The van der Waals surface area contributed by atoms with Crippen molar-refractivity contribution in [3.63, 3.8) is 0 Å². The Morgan fingerprint density at radius 3 is 2.68 bits per heavy atom.